The Kier molecular flexibility index (Phi) is 9.76. The van der Waals surface area contributed by atoms with E-state index in [1.807, 2.05) is 0 Å². The Hall–Kier alpha value is -4.09. The Bertz CT molecular complexity index is 1220. The average molecular weight is 537 g/mol. The molecule has 0 radical (unpaired) electrons. The van der Waals surface area contributed by atoms with Gasteiger partial charge in [-0.05, 0) is 36.4 Å². The monoisotopic (exact) mass is 536 g/mol. The summed E-state index contributed by atoms with van der Waals surface area (Å²) in [5.41, 5.74) is 0.689. The molecule has 1 fully saturated rings. The fraction of sp³-hybridized carbons (Fsp3) is 0.276. The smallest absolute Gasteiger partial charge is 0.338 e. The van der Waals surface area contributed by atoms with Crippen molar-refractivity contribution in [2.24, 2.45) is 0 Å². The first-order chi connectivity index (χ1) is 19.0. The van der Waals surface area contributed by atoms with E-state index in [-0.39, 0.29) is 29.9 Å². The standard InChI is InChI=1S/C29H28O10/c30-16-22(31)17-35-29-25(39-28(34)21-14-8-3-9-15-21)24(38-27(33)20-12-6-2-7-13-20)23(18-36-29)37-26(32)19-10-4-1-5-11-19/h1-15,22-25,29-31H,16-18H2/t22-,23+,24-,25+,29-/m0/s1. The molecule has 3 aromatic carbocycles. The number of aliphatic hydroxyl groups is 2. The number of carbonyl (C=O) groups is 3. The third-order valence-corrected chi connectivity index (χ3v) is 5.82. The fourth-order valence-electron chi connectivity index (χ4n) is 3.83. The van der Waals surface area contributed by atoms with Crippen LogP contribution in [0, 0.1) is 0 Å². The van der Waals surface area contributed by atoms with Crippen molar-refractivity contribution in [3.63, 3.8) is 0 Å². The summed E-state index contributed by atoms with van der Waals surface area (Å²) >= 11 is 0. The van der Waals surface area contributed by atoms with Gasteiger partial charge in [-0.3, -0.25) is 0 Å². The summed E-state index contributed by atoms with van der Waals surface area (Å²) < 4.78 is 28.5. The van der Waals surface area contributed by atoms with Crippen molar-refractivity contribution < 1.29 is 48.3 Å². The number of rotatable bonds is 10. The van der Waals surface area contributed by atoms with E-state index in [0.717, 1.165) is 0 Å². The van der Waals surface area contributed by atoms with Crippen molar-refractivity contribution in [2.75, 3.05) is 19.8 Å². The molecule has 0 bridgehead atoms. The molecule has 1 heterocycles. The Morgan fingerprint density at radius 3 is 1.62 bits per heavy atom. The van der Waals surface area contributed by atoms with Gasteiger partial charge in [0.15, 0.2) is 24.6 Å². The van der Waals surface area contributed by atoms with Crippen LogP contribution in [-0.2, 0) is 23.7 Å². The summed E-state index contributed by atoms with van der Waals surface area (Å²) in [6.45, 7) is -1.22. The van der Waals surface area contributed by atoms with Crippen molar-refractivity contribution in [2.45, 2.75) is 30.7 Å². The normalized spacial score (nSPS) is 21.4. The minimum Gasteiger partial charge on any atom is -0.452 e. The van der Waals surface area contributed by atoms with E-state index in [2.05, 4.69) is 0 Å². The first-order valence-electron chi connectivity index (χ1n) is 12.3. The van der Waals surface area contributed by atoms with Crippen LogP contribution in [0.15, 0.2) is 91.0 Å². The van der Waals surface area contributed by atoms with Gasteiger partial charge in [-0.1, -0.05) is 54.6 Å². The summed E-state index contributed by atoms with van der Waals surface area (Å²) in [7, 11) is 0. The number of ether oxygens (including phenoxy) is 5. The number of hydrogen-bond donors (Lipinski definition) is 2. The number of carbonyl (C=O) groups excluding carboxylic acids is 3. The van der Waals surface area contributed by atoms with Crippen LogP contribution in [0.4, 0.5) is 0 Å². The first-order valence-corrected chi connectivity index (χ1v) is 12.3. The first kappa shape index (κ1) is 27.9. The van der Waals surface area contributed by atoms with E-state index in [0.29, 0.717) is 0 Å². The summed E-state index contributed by atoms with van der Waals surface area (Å²) in [5, 5.41) is 19.0. The molecule has 5 atom stereocenters. The molecule has 1 aliphatic heterocycles. The largest absolute Gasteiger partial charge is 0.452 e. The van der Waals surface area contributed by atoms with Crippen LogP contribution in [0.1, 0.15) is 31.1 Å². The SMILES string of the molecule is O=C(O[C@@H]1[C@@H](OC(=O)c2ccccc2)[C@@H](OC[C@@H](O)CO)OC[C@H]1OC(=O)c1ccccc1)c1ccccc1. The lowest BCUT2D eigenvalue weighted by atomic mass is 10.0. The minimum atomic E-state index is -1.40. The Balaban J connectivity index is 1.64. The van der Waals surface area contributed by atoms with Crippen LogP contribution in [0.25, 0.3) is 0 Å². The number of hydrogen-bond acceptors (Lipinski definition) is 10. The van der Waals surface area contributed by atoms with Gasteiger partial charge >= 0.3 is 17.9 Å². The van der Waals surface area contributed by atoms with E-state index >= 15 is 0 Å². The topological polar surface area (TPSA) is 138 Å². The van der Waals surface area contributed by atoms with Crippen LogP contribution in [-0.4, -0.2) is 78.6 Å². The Morgan fingerprint density at radius 1 is 0.718 bits per heavy atom. The van der Waals surface area contributed by atoms with Crippen LogP contribution >= 0.6 is 0 Å². The Morgan fingerprint density at radius 2 is 1.15 bits per heavy atom. The van der Waals surface area contributed by atoms with Gasteiger partial charge in [-0.25, -0.2) is 14.4 Å². The van der Waals surface area contributed by atoms with E-state index in [9.17, 15) is 24.6 Å². The maximum Gasteiger partial charge on any atom is 0.338 e. The van der Waals surface area contributed by atoms with E-state index in [4.69, 9.17) is 23.7 Å². The summed E-state index contributed by atoms with van der Waals surface area (Å²) in [5.74, 6) is -2.22. The maximum atomic E-state index is 13.1. The molecular formula is C29H28O10. The molecule has 4 rings (SSSR count). The van der Waals surface area contributed by atoms with Gasteiger partial charge in [0.1, 0.15) is 6.10 Å². The fourth-order valence-corrected chi connectivity index (χ4v) is 3.83. The van der Waals surface area contributed by atoms with Crippen LogP contribution in [0.5, 0.6) is 0 Å². The highest BCUT2D eigenvalue weighted by molar-refractivity contribution is 5.91. The summed E-state index contributed by atoms with van der Waals surface area (Å²) in [6, 6.07) is 24.4. The molecular weight excluding hydrogens is 508 g/mol. The lowest BCUT2D eigenvalue weighted by Crippen LogP contribution is -2.58. The van der Waals surface area contributed by atoms with Gasteiger partial charge < -0.3 is 33.9 Å². The third-order valence-electron chi connectivity index (χ3n) is 5.82. The molecule has 0 unspecified atom stereocenters. The van der Waals surface area contributed by atoms with Gasteiger partial charge in [0.25, 0.3) is 0 Å². The second-order valence-electron chi connectivity index (χ2n) is 8.65. The molecule has 0 aromatic heterocycles. The molecule has 1 saturated heterocycles. The second-order valence-corrected chi connectivity index (χ2v) is 8.65. The molecule has 10 heteroatoms. The molecule has 0 aliphatic carbocycles. The van der Waals surface area contributed by atoms with E-state index in [1.54, 1.807) is 78.9 Å². The number of esters is 3. The maximum absolute atomic E-state index is 13.1. The summed E-state index contributed by atoms with van der Waals surface area (Å²) in [4.78, 5) is 39.0. The highest BCUT2D eigenvalue weighted by Gasteiger charge is 2.48. The van der Waals surface area contributed by atoms with Crippen molar-refractivity contribution in [1.29, 1.82) is 0 Å². The zero-order chi connectivity index (χ0) is 27.6. The molecule has 1 aliphatic rings. The zero-order valence-electron chi connectivity index (χ0n) is 20.8. The third kappa shape index (κ3) is 7.49. The second kappa shape index (κ2) is 13.6. The quantitative estimate of drug-likeness (QED) is 0.293. The van der Waals surface area contributed by atoms with Gasteiger partial charge in [-0.2, -0.15) is 0 Å². The molecule has 2 N–H and O–H groups in total. The van der Waals surface area contributed by atoms with Crippen molar-refractivity contribution in [3.05, 3.63) is 108 Å². The van der Waals surface area contributed by atoms with Crippen LogP contribution in [0.3, 0.4) is 0 Å². The summed E-state index contributed by atoms with van der Waals surface area (Å²) in [6.07, 6.45) is -6.49. The molecule has 10 nitrogen and oxygen atoms in total. The highest BCUT2D eigenvalue weighted by atomic mass is 16.7. The highest BCUT2D eigenvalue weighted by Crippen LogP contribution is 2.27. The molecule has 3 aromatic rings. The minimum absolute atomic E-state index is 0.211. The molecule has 204 valence electrons. The van der Waals surface area contributed by atoms with Crippen LogP contribution in [0.2, 0.25) is 0 Å². The predicted octanol–water partition coefficient (Wildman–Crippen LogP) is 2.39. The lowest BCUT2D eigenvalue weighted by molar-refractivity contribution is -0.273. The van der Waals surface area contributed by atoms with Gasteiger partial charge in [0.05, 0.1) is 36.5 Å². The number of benzene rings is 3. The van der Waals surface area contributed by atoms with Crippen molar-refractivity contribution in [3.8, 4) is 0 Å². The average Bonchev–Trinajstić information content (AvgIpc) is 2.99. The molecule has 39 heavy (non-hydrogen) atoms. The molecule has 0 saturated carbocycles. The predicted molar refractivity (Wildman–Crippen MR) is 136 cm³/mol. The van der Waals surface area contributed by atoms with Gasteiger partial charge in [0.2, 0.25) is 0 Å². The Labute approximate surface area is 224 Å². The van der Waals surface area contributed by atoms with Crippen molar-refractivity contribution in [1.82, 2.24) is 0 Å². The van der Waals surface area contributed by atoms with Crippen molar-refractivity contribution >= 4 is 17.9 Å². The molecule has 0 spiro atoms. The lowest BCUT2D eigenvalue weighted by Gasteiger charge is -2.40. The zero-order valence-corrected chi connectivity index (χ0v) is 20.8. The molecule has 0 amide bonds. The van der Waals surface area contributed by atoms with Crippen LogP contribution < -0.4 is 0 Å². The number of aliphatic hydroxyl groups excluding tert-OH is 2. The van der Waals surface area contributed by atoms with E-state index in [1.165, 1.54) is 12.1 Å². The van der Waals surface area contributed by atoms with E-state index < -0.39 is 55.2 Å². The van der Waals surface area contributed by atoms with Gasteiger partial charge in [0, 0.05) is 0 Å². The van der Waals surface area contributed by atoms with Gasteiger partial charge in [-0.15, -0.1) is 0 Å².